The number of fused-ring (bicyclic) bond motifs is 5. The number of benzene rings is 4. The second-order valence-electron chi connectivity index (χ2n) is 25.1. The van der Waals surface area contributed by atoms with Crippen molar-refractivity contribution in [2.75, 3.05) is 24.6 Å². The number of H-pyrrole nitrogens is 4. The van der Waals surface area contributed by atoms with E-state index in [1.807, 2.05) is 24.3 Å². The maximum atomic E-state index is 15.2. The number of carboxylic acids is 1. The molecule has 0 spiro atoms. The SMILES string of the molecule is C[C@@]12CCCN1C(=O)[C@H](Cc1ccc(O)cc1)NC(=O)[C@H](Cc1cnc[nH]1)NC(=O)[C@H](CC(=O)O)NC(=O)[C@H](Cc1c[nH]c3ccc(F)cc13)NC(=O)[C@H](Cc1c[nH]c3ccc(F)cc13)NC(=O)CNC(=O)[C@H](Cc1c[nH]cn1)NC(=O)CCSCc1cccc(c1)CSC[C@@H](C(N)=O)NC2=O. The normalized spacial score (nSPS) is 22.6. The first-order chi connectivity index (χ1) is 48.9. The van der Waals surface area contributed by atoms with Crippen molar-refractivity contribution < 1.29 is 71.7 Å². The van der Waals surface area contributed by atoms with E-state index < -0.39 is 150 Å². The zero-order valence-electron chi connectivity index (χ0n) is 55.1. The van der Waals surface area contributed by atoms with Gasteiger partial charge in [0.25, 0.3) is 0 Å². The van der Waals surface area contributed by atoms with Gasteiger partial charge in [0.15, 0.2) is 0 Å². The van der Waals surface area contributed by atoms with Crippen molar-refractivity contribution in [3.8, 4) is 5.75 Å². The van der Waals surface area contributed by atoms with Crippen LogP contribution in [-0.4, -0.2) is 182 Å². The van der Waals surface area contributed by atoms with Crippen LogP contribution < -0.4 is 48.3 Å². The Hall–Kier alpha value is -11.1. The van der Waals surface area contributed by atoms with Crippen molar-refractivity contribution in [1.29, 1.82) is 0 Å². The third-order valence-corrected chi connectivity index (χ3v) is 19.7. The summed E-state index contributed by atoms with van der Waals surface area (Å²) >= 11 is 2.76. The van der Waals surface area contributed by atoms with Crippen LogP contribution in [-0.2, 0) is 96.3 Å². The lowest BCUT2D eigenvalue weighted by atomic mass is 9.95. The number of nitrogens with two attached hydrogens (primary N) is 1. The molecule has 2 bridgehead atoms. The van der Waals surface area contributed by atoms with Crippen molar-refractivity contribution >= 4 is 110 Å². The number of hydrogen-bond donors (Lipinski definition) is 15. The minimum Gasteiger partial charge on any atom is -0.508 e. The predicted molar refractivity (Wildman–Crippen MR) is 371 cm³/mol. The molecular formula is C69H76F2N16O13S2. The zero-order valence-corrected chi connectivity index (χ0v) is 56.7. The van der Waals surface area contributed by atoms with Gasteiger partial charge in [-0.05, 0) is 96.1 Å². The molecule has 2 aliphatic heterocycles. The van der Waals surface area contributed by atoms with Gasteiger partial charge in [-0.3, -0.25) is 52.7 Å². The van der Waals surface area contributed by atoms with Gasteiger partial charge in [0.05, 0.1) is 31.3 Å². The maximum Gasteiger partial charge on any atom is 0.305 e. The maximum absolute atomic E-state index is 15.2. The molecule has 6 heterocycles. The number of aliphatic carboxylic acids is 1. The Balaban J connectivity index is 0.985. The third-order valence-electron chi connectivity index (χ3n) is 17.6. The molecule has 0 aliphatic carbocycles. The first kappa shape index (κ1) is 73.6. The second-order valence-corrected chi connectivity index (χ2v) is 27.2. The molecule has 16 N–H and O–H groups in total. The number of thioether (sulfide) groups is 2. The quantitative estimate of drug-likeness (QED) is 0.0785. The number of aromatic hydroxyl groups is 1. The summed E-state index contributed by atoms with van der Waals surface area (Å²) in [4.78, 5) is 179. The number of rotatable bonds is 13. The molecule has 0 radical (unpaired) electrons. The van der Waals surface area contributed by atoms with E-state index in [9.17, 15) is 52.6 Å². The largest absolute Gasteiger partial charge is 0.508 e. The highest BCUT2D eigenvalue weighted by molar-refractivity contribution is 7.98. The number of primary amides is 1. The molecule has 1 fully saturated rings. The van der Waals surface area contributed by atoms with Crippen molar-refractivity contribution in [2.24, 2.45) is 5.73 Å². The van der Waals surface area contributed by atoms with Gasteiger partial charge in [-0.25, -0.2) is 18.7 Å². The number of aromatic amines is 4. The van der Waals surface area contributed by atoms with E-state index >= 15 is 19.2 Å². The van der Waals surface area contributed by atoms with Crippen LogP contribution in [0.1, 0.15) is 71.8 Å². The number of phenolic OH excluding ortho intramolecular Hbond substituents is 1. The number of halogens is 2. The summed E-state index contributed by atoms with van der Waals surface area (Å²) in [6.07, 6.45) is 6.06. The number of imidazole rings is 2. The smallest absolute Gasteiger partial charge is 0.305 e. The van der Waals surface area contributed by atoms with Gasteiger partial charge in [-0.1, -0.05) is 36.4 Å². The summed E-state index contributed by atoms with van der Waals surface area (Å²) in [5.41, 5.74) is 8.53. The highest BCUT2D eigenvalue weighted by Gasteiger charge is 2.49. The number of amides is 10. The van der Waals surface area contributed by atoms with Crippen molar-refractivity contribution in [2.45, 2.75) is 124 Å². The molecule has 8 aromatic rings. The molecule has 10 amide bonds. The molecule has 102 heavy (non-hydrogen) atoms. The second kappa shape index (κ2) is 33.8. The molecule has 10 rings (SSSR count). The minimum atomic E-state index is -2.05. The Bertz CT molecular complexity index is 4390. The Labute approximate surface area is 590 Å². The number of carbonyl (C=O) groups is 11. The predicted octanol–water partition coefficient (Wildman–Crippen LogP) is 2.01. The number of carboxylic acid groups (broad SMARTS) is 1. The monoisotopic (exact) mass is 1440 g/mol. The number of phenols is 1. The average Bonchev–Trinajstić information content (AvgIpc) is 1.82. The Morgan fingerprint density at radius 2 is 1.23 bits per heavy atom. The fourth-order valence-electron chi connectivity index (χ4n) is 12.2. The van der Waals surface area contributed by atoms with E-state index in [1.54, 1.807) is 0 Å². The first-order valence-electron chi connectivity index (χ1n) is 32.6. The standard InChI is InChI=1S/C69H76F2N16O13S2/c1-69-15-3-16-87(69)67(99)56(19-37-6-10-46(88)11-7-37)85-65(97)54(25-45-30-74-36-79-45)83-66(98)55(26-60(91)92)84-64(96)52(21-41-28-76-50-13-9-43(71)23-48(41)50)82-63(95)51(20-40-27-75-49-12-8-42(70)22-47(40)49)81-59(90)31-77-62(94)53(24-44-29-73-35-78-44)80-58(89)14-17-101-32-38-4-2-5-39(18-38)33-102-34-57(61(72)93)86-68(69)100/h2,4-13,18,22-23,27-30,35-36,51-57,75-76,88H,3,14-17,19-21,24-26,31-34H2,1H3,(H2,72,93)(H,73,78)(H,74,79)(H,77,94)(H,80,89)(H,81,90)(H,82,95)(H,83,98)(H,84,96)(H,85,97)(H,86,100)(H,91,92)/t51-,52-,53-,54-,55-,56-,57-,69-/m0/s1. The highest BCUT2D eigenvalue weighted by atomic mass is 32.2. The molecule has 1 saturated heterocycles. The summed E-state index contributed by atoms with van der Waals surface area (Å²) in [6.45, 7) is 0.749. The van der Waals surface area contributed by atoms with Crippen molar-refractivity contribution in [1.82, 2.24) is 77.3 Å². The fraction of sp³-hybridized carbons (Fsp3) is 0.348. The summed E-state index contributed by atoms with van der Waals surface area (Å²) in [6, 6.07) is 9.72. The summed E-state index contributed by atoms with van der Waals surface area (Å²) in [7, 11) is 0. The average molecular weight is 1440 g/mol. The van der Waals surface area contributed by atoms with Crippen LogP contribution in [0.25, 0.3) is 21.8 Å². The number of aromatic nitrogens is 6. The molecule has 4 aromatic carbocycles. The van der Waals surface area contributed by atoms with Gasteiger partial charge in [-0.15, -0.1) is 0 Å². The van der Waals surface area contributed by atoms with Gasteiger partial charge in [0, 0.05) is 120 Å². The topological polar surface area (TPSA) is 443 Å². The molecule has 4 aromatic heterocycles. The van der Waals surface area contributed by atoms with Crippen LogP contribution >= 0.6 is 23.5 Å². The van der Waals surface area contributed by atoms with E-state index in [0.29, 0.717) is 56.9 Å². The molecule has 0 saturated carbocycles. The number of carbonyl (C=O) groups excluding carboxylic acids is 10. The Kier molecular flexibility index (Phi) is 24.4. The van der Waals surface area contributed by atoms with Crippen LogP contribution in [0, 0.1) is 11.6 Å². The van der Waals surface area contributed by atoms with Crippen molar-refractivity contribution in [3.63, 3.8) is 0 Å². The van der Waals surface area contributed by atoms with Crippen LogP contribution in [0.3, 0.4) is 0 Å². The van der Waals surface area contributed by atoms with E-state index in [1.165, 1.54) is 127 Å². The molecule has 2 aliphatic rings. The summed E-state index contributed by atoms with van der Waals surface area (Å²) in [5.74, 6) is -11.0. The first-order valence-corrected chi connectivity index (χ1v) is 34.9. The van der Waals surface area contributed by atoms with Crippen LogP contribution in [0.4, 0.5) is 8.78 Å². The van der Waals surface area contributed by atoms with Gasteiger partial charge >= 0.3 is 5.97 Å². The molecule has 29 nitrogen and oxygen atoms in total. The van der Waals surface area contributed by atoms with E-state index in [4.69, 9.17) is 5.73 Å². The Morgan fingerprint density at radius 3 is 1.83 bits per heavy atom. The third kappa shape index (κ3) is 19.5. The van der Waals surface area contributed by atoms with Crippen LogP contribution in [0.15, 0.2) is 122 Å². The molecule has 536 valence electrons. The van der Waals surface area contributed by atoms with E-state index in [0.717, 1.165) is 17.2 Å². The molecule has 33 heteroatoms. The van der Waals surface area contributed by atoms with E-state index in [-0.39, 0.29) is 66.8 Å². The van der Waals surface area contributed by atoms with Crippen LogP contribution in [0.2, 0.25) is 0 Å². The Morgan fingerprint density at radius 1 is 0.637 bits per heavy atom. The molecule has 0 unspecified atom stereocenters. The van der Waals surface area contributed by atoms with Crippen molar-refractivity contribution in [3.05, 3.63) is 173 Å². The number of nitrogens with zero attached hydrogens (tertiary/aromatic N) is 3. The number of nitrogens with one attached hydrogen (secondary N) is 12. The zero-order chi connectivity index (χ0) is 72.6. The minimum absolute atomic E-state index is 0.0121. The van der Waals surface area contributed by atoms with Gasteiger partial charge in [0.2, 0.25) is 59.1 Å². The lowest BCUT2D eigenvalue weighted by molar-refractivity contribution is -0.147. The van der Waals surface area contributed by atoms with Crippen LogP contribution in [0.5, 0.6) is 5.75 Å². The number of hydrogen-bond acceptors (Lipinski definition) is 16. The summed E-state index contributed by atoms with van der Waals surface area (Å²) in [5, 5.41) is 42.0. The van der Waals surface area contributed by atoms with Gasteiger partial charge in [0.1, 0.15) is 65.2 Å². The molecular weight excluding hydrogens is 1360 g/mol. The van der Waals surface area contributed by atoms with Gasteiger partial charge < -0.3 is 83.3 Å². The fourth-order valence-corrected chi connectivity index (χ4v) is 14.1. The highest BCUT2D eigenvalue weighted by Crippen LogP contribution is 2.32. The summed E-state index contributed by atoms with van der Waals surface area (Å²) < 4.78 is 29.9. The lowest BCUT2D eigenvalue weighted by Crippen LogP contribution is -2.63. The lowest BCUT2D eigenvalue weighted by Gasteiger charge is -2.37. The van der Waals surface area contributed by atoms with E-state index in [2.05, 4.69) is 72.4 Å². The molecule has 8 atom stereocenters. The van der Waals surface area contributed by atoms with Gasteiger partial charge in [-0.2, -0.15) is 23.5 Å².